The highest BCUT2D eigenvalue weighted by molar-refractivity contribution is 7.92. The molecular formula is C20H25N3O7S2. The Labute approximate surface area is 187 Å². The molecule has 0 heterocycles. The quantitative estimate of drug-likeness (QED) is 0.535. The SMILES string of the molecule is CCOC(=O)c1ccccc1NC(=O)CN(c1ccc(S(=O)(=O)N(C)C)cc1)S(C)(=O)=O. The number of para-hydroxylation sites is 1. The van der Waals surface area contributed by atoms with Crippen molar-refractivity contribution >= 4 is 43.3 Å². The summed E-state index contributed by atoms with van der Waals surface area (Å²) in [6.45, 7) is 1.22. The summed E-state index contributed by atoms with van der Waals surface area (Å²) in [6, 6.07) is 11.3. The minimum Gasteiger partial charge on any atom is -0.462 e. The summed E-state index contributed by atoms with van der Waals surface area (Å²) >= 11 is 0. The summed E-state index contributed by atoms with van der Waals surface area (Å²) in [5, 5.41) is 2.52. The smallest absolute Gasteiger partial charge is 0.340 e. The maximum atomic E-state index is 12.6. The average Bonchev–Trinajstić information content (AvgIpc) is 2.71. The minimum absolute atomic E-state index is 0.0208. The van der Waals surface area contributed by atoms with Crippen molar-refractivity contribution in [2.45, 2.75) is 11.8 Å². The lowest BCUT2D eigenvalue weighted by atomic mass is 10.2. The highest BCUT2D eigenvalue weighted by Gasteiger charge is 2.24. The summed E-state index contributed by atoms with van der Waals surface area (Å²) in [5.74, 6) is -1.32. The van der Waals surface area contributed by atoms with Crippen molar-refractivity contribution in [2.75, 3.05) is 43.1 Å². The maximum Gasteiger partial charge on any atom is 0.340 e. The minimum atomic E-state index is -3.88. The van der Waals surface area contributed by atoms with Gasteiger partial charge < -0.3 is 10.1 Å². The van der Waals surface area contributed by atoms with Gasteiger partial charge in [0.15, 0.2) is 0 Å². The Kier molecular flexibility index (Phi) is 7.99. The van der Waals surface area contributed by atoms with Crippen LogP contribution in [0.4, 0.5) is 11.4 Å². The molecule has 0 fully saturated rings. The van der Waals surface area contributed by atoms with Crippen LogP contribution in [0.3, 0.4) is 0 Å². The molecule has 10 nitrogen and oxygen atoms in total. The number of nitrogens with zero attached hydrogens (tertiary/aromatic N) is 2. The fourth-order valence-corrected chi connectivity index (χ4v) is 4.45. The molecule has 32 heavy (non-hydrogen) atoms. The molecule has 0 spiro atoms. The lowest BCUT2D eigenvalue weighted by Crippen LogP contribution is -2.37. The van der Waals surface area contributed by atoms with Gasteiger partial charge in [-0.05, 0) is 43.3 Å². The number of nitrogens with one attached hydrogen (secondary N) is 1. The van der Waals surface area contributed by atoms with E-state index in [-0.39, 0.29) is 28.4 Å². The fourth-order valence-electron chi connectivity index (χ4n) is 2.69. The van der Waals surface area contributed by atoms with Gasteiger partial charge in [-0.3, -0.25) is 9.10 Å². The summed E-state index contributed by atoms with van der Waals surface area (Å²) in [7, 11) is -4.82. The molecule has 2 rings (SSSR count). The van der Waals surface area contributed by atoms with Gasteiger partial charge in [-0.2, -0.15) is 0 Å². The van der Waals surface area contributed by atoms with E-state index in [0.29, 0.717) is 0 Å². The number of sulfonamides is 2. The Hall–Kier alpha value is -2.96. The van der Waals surface area contributed by atoms with Gasteiger partial charge in [0.1, 0.15) is 6.54 Å². The number of hydrogen-bond donors (Lipinski definition) is 1. The molecule has 0 saturated heterocycles. The van der Waals surface area contributed by atoms with Gasteiger partial charge in [-0.15, -0.1) is 0 Å². The van der Waals surface area contributed by atoms with Crippen LogP contribution in [0.2, 0.25) is 0 Å². The van der Waals surface area contributed by atoms with E-state index in [1.807, 2.05) is 0 Å². The third-order valence-electron chi connectivity index (χ3n) is 4.29. The van der Waals surface area contributed by atoms with Crippen LogP contribution in [0.1, 0.15) is 17.3 Å². The fraction of sp³-hybridized carbons (Fsp3) is 0.300. The molecule has 0 aliphatic carbocycles. The predicted octanol–water partition coefficient (Wildman–Crippen LogP) is 1.52. The monoisotopic (exact) mass is 483 g/mol. The van der Waals surface area contributed by atoms with Crippen molar-refractivity contribution < 1.29 is 31.2 Å². The van der Waals surface area contributed by atoms with Crippen LogP contribution in [0.25, 0.3) is 0 Å². The van der Waals surface area contributed by atoms with E-state index >= 15 is 0 Å². The molecule has 1 amide bonds. The lowest BCUT2D eigenvalue weighted by Gasteiger charge is -2.22. The number of esters is 1. The molecule has 0 aliphatic heterocycles. The topological polar surface area (TPSA) is 130 Å². The number of carbonyl (C=O) groups excluding carboxylic acids is 2. The Morgan fingerprint density at radius 2 is 1.56 bits per heavy atom. The zero-order valence-electron chi connectivity index (χ0n) is 18.1. The Balaban J connectivity index is 2.29. The van der Waals surface area contributed by atoms with E-state index in [9.17, 15) is 26.4 Å². The second-order valence-corrected chi connectivity index (χ2v) is 10.9. The van der Waals surface area contributed by atoms with Crippen LogP contribution in [-0.4, -0.2) is 66.5 Å². The Bertz CT molecular complexity index is 1190. The summed E-state index contributed by atoms with van der Waals surface area (Å²) in [4.78, 5) is 24.7. The number of rotatable bonds is 9. The highest BCUT2D eigenvalue weighted by atomic mass is 32.2. The molecule has 0 bridgehead atoms. The molecule has 0 atom stereocenters. The standard InChI is InChI=1S/C20H25N3O7S2/c1-5-30-20(25)17-8-6-7-9-18(17)21-19(24)14-23(31(4,26)27)15-10-12-16(13-11-15)32(28,29)22(2)3/h6-13H,5,14H2,1-4H3,(H,21,24). The number of hydrogen-bond acceptors (Lipinski definition) is 7. The molecule has 0 radical (unpaired) electrons. The first kappa shape index (κ1) is 25.3. The third-order valence-corrected chi connectivity index (χ3v) is 7.26. The van der Waals surface area contributed by atoms with E-state index in [1.54, 1.807) is 19.1 Å². The molecule has 2 aromatic rings. The van der Waals surface area contributed by atoms with Gasteiger partial charge in [0.25, 0.3) is 0 Å². The molecule has 1 N–H and O–H groups in total. The van der Waals surface area contributed by atoms with Gasteiger partial charge in [0, 0.05) is 14.1 Å². The van der Waals surface area contributed by atoms with Gasteiger partial charge in [0.05, 0.1) is 34.7 Å². The average molecular weight is 484 g/mol. The van der Waals surface area contributed by atoms with E-state index in [1.165, 1.54) is 50.5 Å². The van der Waals surface area contributed by atoms with E-state index < -0.39 is 38.5 Å². The first-order valence-electron chi connectivity index (χ1n) is 9.44. The Morgan fingerprint density at radius 3 is 2.09 bits per heavy atom. The van der Waals surface area contributed by atoms with Crippen molar-refractivity contribution in [1.82, 2.24) is 4.31 Å². The van der Waals surface area contributed by atoms with Crippen molar-refractivity contribution in [3.63, 3.8) is 0 Å². The van der Waals surface area contributed by atoms with Crippen molar-refractivity contribution in [3.8, 4) is 0 Å². The van der Waals surface area contributed by atoms with Crippen LogP contribution in [0, 0.1) is 0 Å². The predicted molar refractivity (Wildman–Crippen MR) is 121 cm³/mol. The number of anilines is 2. The number of benzene rings is 2. The van der Waals surface area contributed by atoms with Crippen molar-refractivity contribution in [2.24, 2.45) is 0 Å². The molecule has 0 aromatic heterocycles. The van der Waals surface area contributed by atoms with Crippen LogP contribution in [0.5, 0.6) is 0 Å². The van der Waals surface area contributed by atoms with E-state index in [2.05, 4.69) is 5.32 Å². The van der Waals surface area contributed by atoms with Crippen LogP contribution in [-0.2, 0) is 29.6 Å². The molecule has 0 unspecified atom stereocenters. The van der Waals surface area contributed by atoms with Crippen molar-refractivity contribution in [3.05, 3.63) is 54.1 Å². The van der Waals surface area contributed by atoms with Gasteiger partial charge >= 0.3 is 5.97 Å². The summed E-state index contributed by atoms with van der Waals surface area (Å²) in [5.41, 5.74) is 0.419. The first-order chi connectivity index (χ1) is 14.9. The number of ether oxygens (including phenoxy) is 1. The molecule has 174 valence electrons. The zero-order valence-corrected chi connectivity index (χ0v) is 19.7. The number of carbonyl (C=O) groups is 2. The number of amides is 1. The van der Waals surface area contributed by atoms with Crippen molar-refractivity contribution in [1.29, 1.82) is 0 Å². The Morgan fingerprint density at radius 1 is 0.969 bits per heavy atom. The van der Waals surface area contributed by atoms with Gasteiger partial charge in [-0.1, -0.05) is 12.1 Å². The van der Waals surface area contributed by atoms with Crippen LogP contribution < -0.4 is 9.62 Å². The molecule has 0 saturated carbocycles. The first-order valence-corrected chi connectivity index (χ1v) is 12.7. The van der Waals surface area contributed by atoms with Crippen LogP contribution in [0.15, 0.2) is 53.4 Å². The zero-order chi connectivity index (χ0) is 24.1. The second-order valence-electron chi connectivity index (χ2n) is 6.87. The lowest BCUT2D eigenvalue weighted by molar-refractivity contribution is -0.114. The van der Waals surface area contributed by atoms with E-state index in [0.717, 1.165) is 14.9 Å². The molecule has 12 heteroatoms. The normalized spacial score (nSPS) is 11.8. The molecular weight excluding hydrogens is 458 g/mol. The highest BCUT2D eigenvalue weighted by Crippen LogP contribution is 2.22. The summed E-state index contributed by atoms with van der Waals surface area (Å²) < 4.78 is 55.9. The maximum absolute atomic E-state index is 12.6. The largest absolute Gasteiger partial charge is 0.462 e. The van der Waals surface area contributed by atoms with Gasteiger partial charge in [-0.25, -0.2) is 25.9 Å². The second kappa shape index (κ2) is 10.1. The molecule has 0 aliphatic rings. The van der Waals surface area contributed by atoms with E-state index in [4.69, 9.17) is 4.74 Å². The van der Waals surface area contributed by atoms with Gasteiger partial charge in [0.2, 0.25) is 26.0 Å². The molecule has 2 aromatic carbocycles. The third kappa shape index (κ3) is 6.05. The summed E-state index contributed by atoms with van der Waals surface area (Å²) in [6.07, 6.45) is 0.928. The van der Waals surface area contributed by atoms with Crippen LogP contribution >= 0.6 is 0 Å².